The van der Waals surface area contributed by atoms with E-state index < -0.39 is 17.0 Å². The molecule has 2 unspecified atom stereocenters. The molecule has 8 nitrogen and oxygen atoms in total. The van der Waals surface area contributed by atoms with Gasteiger partial charge in [0.1, 0.15) is 5.78 Å². The first-order chi connectivity index (χ1) is 18.9. The molecule has 2 aliphatic heterocycles. The van der Waals surface area contributed by atoms with E-state index >= 15 is 0 Å². The molecule has 224 valence electrons. The lowest BCUT2D eigenvalue weighted by Crippen LogP contribution is -2.37. The van der Waals surface area contributed by atoms with Crippen molar-refractivity contribution < 1.29 is 33.6 Å². The van der Waals surface area contributed by atoms with Crippen LogP contribution in [0.25, 0.3) is 0 Å². The fourth-order valence-electron chi connectivity index (χ4n) is 6.17. The number of Topliss-reactive ketones (excluding diaryl/α,β-unsaturated/α-hetero) is 1. The van der Waals surface area contributed by atoms with Crippen LogP contribution in [0.5, 0.6) is 11.5 Å². The van der Waals surface area contributed by atoms with E-state index in [4.69, 9.17) is 18.9 Å². The van der Waals surface area contributed by atoms with Crippen molar-refractivity contribution >= 4 is 11.8 Å². The molecule has 1 aromatic rings. The Bertz CT molecular complexity index is 1060. The normalized spacial score (nSPS) is 19.8. The molecule has 3 rings (SSSR count). The van der Waals surface area contributed by atoms with E-state index in [1.54, 1.807) is 21.0 Å². The van der Waals surface area contributed by atoms with Crippen LogP contribution in [-0.4, -0.2) is 68.0 Å². The van der Waals surface area contributed by atoms with Crippen LogP contribution >= 0.6 is 0 Å². The fourth-order valence-corrected chi connectivity index (χ4v) is 6.17. The number of carbonyl (C=O) groups excluding carboxylic acids is 2. The summed E-state index contributed by atoms with van der Waals surface area (Å²) in [6, 6.07) is 4.19. The van der Waals surface area contributed by atoms with Crippen molar-refractivity contribution in [1.29, 1.82) is 0 Å². The molecule has 0 amide bonds. The number of rotatable bonds is 14. The predicted molar refractivity (Wildman–Crippen MR) is 155 cm³/mol. The topological polar surface area (TPSA) is 94.5 Å². The van der Waals surface area contributed by atoms with Crippen LogP contribution in [0.3, 0.4) is 0 Å². The third-order valence-electron chi connectivity index (χ3n) is 8.46. The van der Waals surface area contributed by atoms with Gasteiger partial charge < -0.3 is 29.0 Å². The molecule has 40 heavy (non-hydrogen) atoms. The van der Waals surface area contributed by atoms with Crippen molar-refractivity contribution in [3.05, 3.63) is 35.1 Å². The number of methoxy groups -OCH3 is 2. The Morgan fingerprint density at radius 1 is 1.15 bits per heavy atom. The number of allylic oxidation sites excluding steroid dienone is 2. The number of fused-ring (bicyclic) bond motifs is 2. The number of hydrogen-bond donors (Lipinski definition) is 1. The van der Waals surface area contributed by atoms with E-state index in [1.165, 1.54) is 12.7 Å². The van der Waals surface area contributed by atoms with Crippen molar-refractivity contribution in [2.45, 2.75) is 91.1 Å². The summed E-state index contributed by atoms with van der Waals surface area (Å²) in [6.07, 6.45) is 5.74. The van der Waals surface area contributed by atoms with Gasteiger partial charge in [0.05, 0.1) is 32.0 Å². The van der Waals surface area contributed by atoms with Gasteiger partial charge in [-0.1, -0.05) is 13.8 Å². The highest BCUT2D eigenvalue weighted by molar-refractivity contribution is 5.89. The molecular weight excluding hydrogens is 510 g/mol. The molecule has 0 aliphatic carbocycles. The van der Waals surface area contributed by atoms with E-state index in [9.17, 15) is 14.7 Å². The van der Waals surface area contributed by atoms with E-state index in [2.05, 4.69) is 24.0 Å². The highest BCUT2D eigenvalue weighted by Crippen LogP contribution is 2.45. The molecular formula is C32H49NO7. The third kappa shape index (κ3) is 8.00. The van der Waals surface area contributed by atoms with E-state index in [0.717, 1.165) is 55.3 Å². The SMILES string of the molecule is C/C=C(/OC)C(CC(=O)C(C)(CCCC(C)(C)O)CC(=O)OC)[C@@H]1CN(CCC)CCc2cc3c(cc21)OCO3. The number of ether oxygens (including phenoxy) is 4. The summed E-state index contributed by atoms with van der Waals surface area (Å²) in [5.41, 5.74) is 0.604. The first-order valence-electron chi connectivity index (χ1n) is 14.6. The summed E-state index contributed by atoms with van der Waals surface area (Å²) in [5, 5.41) is 10.3. The predicted octanol–water partition coefficient (Wildman–Crippen LogP) is 5.40. The van der Waals surface area contributed by atoms with Crippen LogP contribution < -0.4 is 9.47 Å². The second-order valence-electron chi connectivity index (χ2n) is 12.2. The zero-order valence-electron chi connectivity index (χ0n) is 25.5. The minimum absolute atomic E-state index is 0.000958. The number of aliphatic hydroxyl groups is 1. The number of carbonyl (C=O) groups is 2. The van der Waals surface area contributed by atoms with Crippen LogP contribution in [0.4, 0.5) is 0 Å². The van der Waals surface area contributed by atoms with Gasteiger partial charge in [-0.15, -0.1) is 0 Å². The van der Waals surface area contributed by atoms with Gasteiger partial charge in [0.25, 0.3) is 0 Å². The van der Waals surface area contributed by atoms with E-state index in [0.29, 0.717) is 19.3 Å². The Morgan fingerprint density at radius 3 is 2.45 bits per heavy atom. The summed E-state index contributed by atoms with van der Waals surface area (Å²) in [6.45, 7) is 12.4. The molecule has 0 radical (unpaired) electrons. The second kappa shape index (κ2) is 13.9. The molecule has 0 spiro atoms. The van der Waals surface area contributed by atoms with Crippen LogP contribution in [0.2, 0.25) is 0 Å². The smallest absolute Gasteiger partial charge is 0.306 e. The van der Waals surface area contributed by atoms with E-state index in [-0.39, 0.29) is 37.3 Å². The monoisotopic (exact) mass is 559 g/mol. The number of hydrogen-bond acceptors (Lipinski definition) is 8. The minimum atomic E-state index is -0.922. The molecule has 0 saturated heterocycles. The lowest BCUT2D eigenvalue weighted by molar-refractivity contribution is -0.147. The molecule has 0 saturated carbocycles. The van der Waals surface area contributed by atoms with Gasteiger partial charge in [-0.25, -0.2) is 0 Å². The molecule has 3 atom stereocenters. The Hall–Kier alpha value is -2.58. The van der Waals surface area contributed by atoms with Crippen LogP contribution in [-0.2, 0) is 25.5 Å². The van der Waals surface area contributed by atoms with Crippen LogP contribution in [0.1, 0.15) is 90.2 Å². The highest BCUT2D eigenvalue weighted by Gasteiger charge is 2.41. The molecule has 0 bridgehead atoms. The zero-order valence-corrected chi connectivity index (χ0v) is 25.5. The summed E-state index contributed by atoms with van der Waals surface area (Å²) in [4.78, 5) is 29.2. The van der Waals surface area contributed by atoms with Gasteiger partial charge in [0.15, 0.2) is 11.5 Å². The van der Waals surface area contributed by atoms with Crippen molar-refractivity contribution in [2.24, 2.45) is 11.3 Å². The minimum Gasteiger partial charge on any atom is -0.501 e. The molecule has 1 N–H and O–H groups in total. The molecule has 2 heterocycles. The standard InChI is InChI=1S/C32H49NO7/c1-8-14-33-15-11-22-16-27-28(40-21-39-27)17-23(22)25(20-33)24(26(9-2)37-6)18-29(34)32(5,19-30(35)38-7)13-10-12-31(3,4)36/h9,16-17,24-25,36H,8,10-15,18-21H2,1-7H3/b26-9+/t24?,25-,32?/m1/s1. The largest absolute Gasteiger partial charge is 0.501 e. The maximum atomic E-state index is 14.2. The zero-order chi connectivity index (χ0) is 29.5. The summed E-state index contributed by atoms with van der Waals surface area (Å²) in [5.74, 6) is 1.61. The molecule has 8 heteroatoms. The van der Waals surface area contributed by atoms with Gasteiger partial charge in [-0.3, -0.25) is 9.59 Å². The van der Waals surface area contributed by atoms with Crippen LogP contribution in [0, 0.1) is 11.3 Å². The number of nitrogens with zero attached hydrogens (tertiary/aromatic N) is 1. The van der Waals surface area contributed by atoms with Crippen molar-refractivity contribution in [3.63, 3.8) is 0 Å². The fraction of sp³-hybridized carbons (Fsp3) is 0.688. The third-order valence-corrected chi connectivity index (χ3v) is 8.46. The lowest BCUT2D eigenvalue weighted by Gasteiger charge is -2.35. The maximum absolute atomic E-state index is 14.2. The first kappa shape index (κ1) is 31.9. The highest BCUT2D eigenvalue weighted by atomic mass is 16.7. The lowest BCUT2D eigenvalue weighted by atomic mass is 9.71. The van der Waals surface area contributed by atoms with Crippen molar-refractivity contribution in [1.82, 2.24) is 4.90 Å². The summed E-state index contributed by atoms with van der Waals surface area (Å²) in [7, 11) is 3.01. The van der Waals surface area contributed by atoms with Gasteiger partial charge in [-0.05, 0) is 88.8 Å². The number of benzene rings is 1. The molecule has 0 aromatic heterocycles. The number of ketones is 1. The van der Waals surface area contributed by atoms with E-state index in [1.807, 2.05) is 19.9 Å². The Labute approximate surface area is 240 Å². The first-order valence-corrected chi connectivity index (χ1v) is 14.6. The average molecular weight is 560 g/mol. The van der Waals surface area contributed by atoms with Gasteiger partial charge >= 0.3 is 5.97 Å². The second-order valence-corrected chi connectivity index (χ2v) is 12.2. The Kier molecular flexibility index (Phi) is 11.1. The Balaban J connectivity index is 2.01. The van der Waals surface area contributed by atoms with Crippen molar-refractivity contribution in [3.8, 4) is 11.5 Å². The molecule has 1 aromatic carbocycles. The maximum Gasteiger partial charge on any atom is 0.306 e. The van der Waals surface area contributed by atoms with Crippen LogP contribution in [0.15, 0.2) is 24.0 Å². The number of esters is 1. The molecule has 0 fully saturated rings. The quantitative estimate of drug-likeness (QED) is 0.239. The molecule has 2 aliphatic rings. The Morgan fingerprint density at radius 2 is 1.85 bits per heavy atom. The summed E-state index contributed by atoms with van der Waals surface area (Å²) >= 11 is 0. The van der Waals surface area contributed by atoms with Gasteiger partial charge in [0.2, 0.25) is 6.79 Å². The summed E-state index contributed by atoms with van der Waals surface area (Å²) < 4.78 is 22.4. The average Bonchev–Trinajstić information content (AvgIpc) is 3.29. The van der Waals surface area contributed by atoms with Gasteiger partial charge in [-0.2, -0.15) is 0 Å². The van der Waals surface area contributed by atoms with Crippen molar-refractivity contribution in [2.75, 3.05) is 40.6 Å². The van der Waals surface area contributed by atoms with Gasteiger partial charge in [0, 0.05) is 36.8 Å².